The van der Waals surface area contributed by atoms with E-state index in [9.17, 15) is 13.5 Å². The van der Waals surface area contributed by atoms with Crippen LogP contribution in [-0.2, 0) is 23.7 Å². The number of rotatable bonds is 4. The Balaban J connectivity index is 2.43. The minimum Gasteiger partial charge on any atom is -0.392 e. The van der Waals surface area contributed by atoms with Crippen molar-refractivity contribution in [2.24, 2.45) is 7.05 Å². The first-order valence-corrected chi connectivity index (χ1v) is 7.50. The van der Waals surface area contributed by atoms with E-state index >= 15 is 0 Å². The molecule has 2 N–H and O–H groups in total. The van der Waals surface area contributed by atoms with Crippen LogP contribution in [0.15, 0.2) is 33.9 Å². The van der Waals surface area contributed by atoms with Gasteiger partial charge in [-0.3, -0.25) is 4.72 Å². The molecule has 9 heteroatoms. The lowest BCUT2D eigenvalue weighted by atomic mass is 10.2. The summed E-state index contributed by atoms with van der Waals surface area (Å²) in [6, 6.07) is 6.59. The number of nitrogens with zero attached hydrogens (tertiary/aromatic N) is 3. The van der Waals surface area contributed by atoms with Gasteiger partial charge >= 0.3 is 0 Å². The molecule has 1 heterocycles. The van der Waals surface area contributed by atoms with E-state index < -0.39 is 10.0 Å². The summed E-state index contributed by atoms with van der Waals surface area (Å²) >= 11 is 3.04. The maximum atomic E-state index is 12.2. The van der Waals surface area contributed by atoms with Gasteiger partial charge in [0, 0.05) is 12.6 Å². The fraction of sp³-hybridized carbons (Fsp3) is 0.200. The van der Waals surface area contributed by atoms with Crippen molar-refractivity contribution in [2.45, 2.75) is 11.6 Å². The van der Waals surface area contributed by atoms with Crippen molar-refractivity contribution in [3.05, 3.63) is 34.4 Å². The van der Waals surface area contributed by atoms with Crippen LogP contribution in [-0.4, -0.2) is 28.5 Å². The number of anilines is 1. The number of sulfonamides is 1. The van der Waals surface area contributed by atoms with Crippen LogP contribution in [0.25, 0.3) is 0 Å². The zero-order valence-electron chi connectivity index (χ0n) is 9.91. The molecule has 7 nitrogen and oxygen atoms in total. The zero-order valence-corrected chi connectivity index (χ0v) is 12.3. The second-order valence-electron chi connectivity index (χ2n) is 3.73. The van der Waals surface area contributed by atoms with Gasteiger partial charge in [0.2, 0.25) is 5.03 Å². The van der Waals surface area contributed by atoms with Crippen molar-refractivity contribution in [1.82, 2.24) is 15.0 Å². The largest absolute Gasteiger partial charge is 0.392 e. The lowest BCUT2D eigenvalue weighted by Gasteiger charge is -2.11. The summed E-state index contributed by atoms with van der Waals surface area (Å²) in [5.41, 5.74) is 0.801. The highest BCUT2D eigenvalue weighted by atomic mass is 79.9. The molecule has 1 aromatic heterocycles. The van der Waals surface area contributed by atoms with Crippen molar-refractivity contribution in [2.75, 3.05) is 4.72 Å². The Morgan fingerprint density at radius 3 is 2.68 bits per heavy atom. The van der Waals surface area contributed by atoms with Crippen LogP contribution in [0.2, 0.25) is 0 Å². The number of halogens is 1. The van der Waals surface area contributed by atoms with Crippen LogP contribution in [0.4, 0.5) is 5.69 Å². The van der Waals surface area contributed by atoms with Crippen molar-refractivity contribution in [1.29, 1.82) is 0 Å². The minimum absolute atomic E-state index is 0.0831. The Labute approximate surface area is 118 Å². The highest BCUT2D eigenvalue weighted by molar-refractivity contribution is 9.10. The molecule has 0 atom stereocenters. The summed E-state index contributed by atoms with van der Waals surface area (Å²) in [6.07, 6.45) is 0. The fourth-order valence-electron chi connectivity index (χ4n) is 1.56. The standard InChI is InChI=1S/C10H11BrN4O3S/c1-15-10(9(11)12-14-15)19(17,18)13-8-5-3-2-4-7(8)6-16/h2-5,13,16H,6H2,1H3. The van der Waals surface area contributed by atoms with Crippen LogP contribution >= 0.6 is 15.9 Å². The molecule has 0 saturated heterocycles. The van der Waals surface area contributed by atoms with Gasteiger partial charge in [-0.05, 0) is 22.0 Å². The van der Waals surface area contributed by atoms with Gasteiger partial charge in [0.25, 0.3) is 10.0 Å². The first-order valence-electron chi connectivity index (χ1n) is 5.22. The fourth-order valence-corrected chi connectivity index (χ4v) is 3.76. The van der Waals surface area contributed by atoms with E-state index in [0.717, 1.165) is 4.68 Å². The van der Waals surface area contributed by atoms with Crippen molar-refractivity contribution in [3.8, 4) is 0 Å². The van der Waals surface area contributed by atoms with Crippen LogP contribution in [0.1, 0.15) is 5.56 Å². The molecule has 0 fully saturated rings. The van der Waals surface area contributed by atoms with Gasteiger partial charge in [-0.25, -0.2) is 4.68 Å². The molecule has 19 heavy (non-hydrogen) atoms. The van der Waals surface area contributed by atoms with Crippen molar-refractivity contribution >= 4 is 31.6 Å². The predicted octanol–water partition coefficient (Wildman–Crippen LogP) is 0.871. The van der Waals surface area contributed by atoms with Gasteiger partial charge < -0.3 is 5.11 Å². The second-order valence-corrected chi connectivity index (χ2v) is 6.08. The topological polar surface area (TPSA) is 97.1 Å². The van der Waals surface area contributed by atoms with Gasteiger partial charge in [-0.1, -0.05) is 23.4 Å². The summed E-state index contributed by atoms with van der Waals surface area (Å²) in [4.78, 5) is 0. The number of hydrogen-bond donors (Lipinski definition) is 2. The number of aliphatic hydroxyl groups excluding tert-OH is 1. The van der Waals surface area contributed by atoms with Gasteiger partial charge in [0.05, 0.1) is 12.3 Å². The Morgan fingerprint density at radius 1 is 1.42 bits per heavy atom. The molecule has 0 radical (unpaired) electrons. The molecule has 0 unspecified atom stereocenters. The molecule has 102 valence electrons. The SMILES string of the molecule is Cn1nnc(Br)c1S(=O)(=O)Nc1ccccc1CO. The summed E-state index contributed by atoms with van der Waals surface area (Å²) in [6.45, 7) is -0.260. The quantitative estimate of drug-likeness (QED) is 0.856. The van der Waals surface area contributed by atoms with E-state index in [1.807, 2.05) is 0 Å². The van der Waals surface area contributed by atoms with Crippen LogP contribution in [0.5, 0.6) is 0 Å². The number of nitrogens with one attached hydrogen (secondary N) is 1. The average Bonchev–Trinajstić information content (AvgIpc) is 2.70. The van der Waals surface area contributed by atoms with Crippen molar-refractivity contribution < 1.29 is 13.5 Å². The van der Waals surface area contributed by atoms with Crippen LogP contribution in [0.3, 0.4) is 0 Å². The molecule has 0 aliphatic carbocycles. The molecule has 0 aliphatic rings. The second kappa shape index (κ2) is 5.27. The Bertz CT molecular complexity index is 679. The highest BCUT2D eigenvalue weighted by Crippen LogP contribution is 2.23. The molecule has 0 spiro atoms. The first-order chi connectivity index (χ1) is 8.95. The molecule has 2 rings (SSSR count). The molecule has 0 saturated carbocycles. The third kappa shape index (κ3) is 2.77. The Kier molecular flexibility index (Phi) is 3.88. The summed E-state index contributed by atoms with van der Waals surface area (Å²) in [5.74, 6) is 0. The average molecular weight is 347 g/mol. The molecule has 0 amide bonds. The lowest BCUT2D eigenvalue weighted by Crippen LogP contribution is -2.18. The number of aromatic nitrogens is 3. The maximum Gasteiger partial charge on any atom is 0.281 e. The van der Waals surface area contributed by atoms with Crippen molar-refractivity contribution in [3.63, 3.8) is 0 Å². The van der Waals surface area contributed by atoms with E-state index in [1.165, 1.54) is 7.05 Å². The third-order valence-electron chi connectivity index (χ3n) is 2.42. The first kappa shape index (κ1) is 14.0. The molecular weight excluding hydrogens is 336 g/mol. The minimum atomic E-state index is -3.83. The van der Waals surface area contributed by atoms with Gasteiger partial charge in [-0.2, -0.15) is 8.42 Å². The Morgan fingerprint density at radius 2 is 2.11 bits per heavy atom. The van der Waals surface area contributed by atoms with E-state index in [0.29, 0.717) is 11.3 Å². The molecular formula is C10H11BrN4O3S. The number of benzene rings is 1. The van der Waals surface area contributed by atoms with E-state index in [-0.39, 0.29) is 16.2 Å². The Hall–Kier alpha value is -1.45. The molecule has 1 aromatic carbocycles. The monoisotopic (exact) mass is 346 g/mol. The van der Waals surface area contributed by atoms with Crippen LogP contribution in [0, 0.1) is 0 Å². The normalized spacial score (nSPS) is 11.5. The molecule has 0 aliphatic heterocycles. The molecule has 0 bridgehead atoms. The third-order valence-corrected chi connectivity index (χ3v) is 4.68. The molecule has 2 aromatic rings. The van der Waals surface area contributed by atoms with E-state index in [1.54, 1.807) is 24.3 Å². The number of para-hydroxylation sites is 1. The summed E-state index contributed by atoms with van der Waals surface area (Å²) in [5, 5.41) is 16.3. The number of hydrogen-bond acceptors (Lipinski definition) is 5. The maximum absolute atomic E-state index is 12.2. The predicted molar refractivity (Wildman–Crippen MR) is 71.9 cm³/mol. The highest BCUT2D eigenvalue weighted by Gasteiger charge is 2.24. The number of aryl methyl sites for hydroxylation is 1. The lowest BCUT2D eigenvalue weighted by molar-refractivity contribution is 0.282. The smallest absolute Gasteiger partial charge is 0.281 e. The van der Waals surface area contributed by atoms with E-state index in [4.69, 9.17) is 0 Å². The van der Waals surface area contributed by atoms with Gasteiger partial charge in [-0.15, -0.1) is 5.10 Å². The zero-order chi connectivity index (χ0) is 14.0. The summed E-state index contributed by atoms with van der Waals surface area (Å²) < 4.78 is 28.2. The number of aliphatic hydroxyl groups is 1. The van der Waals surface area contributed by atoms with Gasteiger partial charge in [0.15, 0.2) is 4.60 Å². The van der Waals surface area contributed by atoms with E-state index in [2.05, 4.69) is 31.0 Å². The summed E-state index contributed by atoms with van der Waals surface area (Å²) in [7, 11) is -2.36. The van der Waals surface area contributed by atoms with Gasteiger partial charge in [0.1, 0.15) is 0 Å². The van der Waals surface area contributed by atoms with Crippen LogP contribution < -0.4 is 4.72 Å².